The molecule has 2 aliphatic rings. The molecule has 2 saturated carbocycles. The third kappa shape index (κ3) is 1.67. The number of hydrogen-bond donors (Lipinski definition) is 0. The zero-order valence-electron chi connectivity index (χ0n) is 10.2. The molecular formula is C15H18O2. The van der Waals surface area contributed by atoms with E-state index in [2.05, 4.69) is 24.3 Å². The van der Waals surface area contributed by atoms with Crippen molar-refractivity contribution in [3.63, 3.8) is 0 Å². The van der Waals surface area contributed by atoms with Crippen LogP contribution >= 0.6 is 0 Å². The first-order chi connectivity index (χ1) is 8.21. The lowest BCUT2D eigenvalue weighted by Gasteiger charge is -2.34. The van der Waals surface area contributed by atoms with Crippen LogP contribution in [-0.4, -0.2) is 12.1 Å². The molecule has 1 aromatic rings. The molecule has 0 saturated heterocycles. The first-order valence-corrected chi connectivity index (χ1v) is 6.43. The lowest BCUT2D eigenvalue weighted by atomic mass is 9.75. The first-order valence-electron chi connectivity index (χ1n) is 6.43. The second-order valence-corrected chi connectivity index (χ2v) is 5.46. The number of carbonyl (C=O) groups is 1. The Kier molecular flexibility index (Phi) is 2.46. The van der Waals surface area contributed by atoms with Crippen molar-refractivity contribution in [3.8, 4) is 0 Å². The molecule has 0 N–H and O–H groups in total. The summed E-state index contributed by atoms with van der Waals surface area (Å²) in [5, 5.41) is 0. The highest BCUT2D eigenvalue weighted by Gasteiger charge is 2.54. The van der Waals surface area contributed by atoms with Crippen molar-refractivity contribution in [2.75, 3.05) is 0 Å². The van der Waals surface area contributed by atoms with Gasteiger partial charge in [-0.2, -0.15) is 0 Å². The molecular weight excluding hydrogens is 212 g/mol. The molecule has 0 aliphatic heterocycles. The fourth-order valence-corrected chi connectivity index (χ4v) is 3.78. The average molecular weight is 230 g/mol. The van der Waals surface area contributed by atoms with Crippen LogP contribution in [0.25, 0.3) is 0 Å². The van der Waals surface area contributed by atoms with Gasteiger partial charge in [0.2, 0.25) is 0 Å². The van der Waals surface area contributed by atoms with Gasteiger partial charge in [0.25, 0.3) is 0 Å². The Hall–Kier alpha value is -1.31. The van der Waals surface area contributed by atoms with Crippen LogP contribution in [0, 0.1) is 5.92 Å². The molecule has 0 amide bonds. The Labute approximate surface area is 102 Å². The Bertz CT molecular complexity index is 426. The number of ether oxygens (including phenoxy) is 1. The summed E-state index contributed by atoms with van der Waals surface area (Å²) >= 11 is 0. The van der Waals surface area contributed by atoms with Crippen LogP contribution in [0.1, 0.15) is 38.2 Å². The maximum absolute atomic E-state index is 11.2. The smallest absolute Gasteiger partial charge is 0.302 e. The zero-order valence-corrected chi connectivity index (χ0v) is 10.2. The molecule has 2 bridgehead atoms. The van der Waals surface area contributed by atoms with Crippen LogP contribution in [0.15, 0.2) is 30.3 Å². The average Bonchev–Trinajstić information content (AvgIpc) is 2.88. The highest BCUT2D eigenvalue weighted by atomic mass is 16.5. The van der Waals surface area contributed by atoms with Crippen molar-refractivity contribution in [1.29, 1.82) is 0 Å². The summed E-state index contributed by atoms with van der Waals surface area (Å²) in [5.41, 5.74) is 1.46. The van der Waals surface area contributed by atoms with Gasteiger partial charge in [0.1, 0.15) is 6.10 Å². The lowest BCUT2D eigenvalue weighted by molar-refractivity contribution is -0.149. The highest BCUT2D eigenvalue weighted by Crippen LogP contribution is 2.56. The number of hydrogen-bond acceptors (Lipinski definition) is 2. The van der Waals surface area contributed by atoms with Crippen LogP contribution in [0.5, 0.6) is 0 Å². The predicted octanol–water partition coefficient (Wildman–Crippen LogP) is 3.06. The van der Waals surface area contributed by atoms with E-state index in [9.17, 15) is 4.79 Å². The second kappa shape index (κ2) is 3.86. The van der Waals surface area contributed by atoms with E-state index in [4.69, 9.17) is 4.74 Å². The van der Waals surface area contributed by atoms with Gasteiger partial charge >= 0.3 is 5.97 Å². The molecule has 3 atom stereocenters. The van der Waals surface area contributed by atoms with Crippen LogP contribution in [0.2, 0.25) is 0 Å². The minimum Gasteiger partial charge on any atom is -0.462 e. The Balaban J connectivity index is 1.95. The summed E-state index contributed by atoms with van der Waals surface area (Å²) in [5.74, 6) is 0.609. The van der Waals surface area contributed by atoms with E-state index in [1.807, 2.05) is 6.07 Å². The number of carbonyl (C=O) groups excluding carboxylic acids is 1. The van der Waals surface area contributed by atoms with E-state index in [-0.39, 0.29) is 17.5 Å². The van der Waals surface area contributed by atoms with Crippen LogP contribution in [0.3, 0.4) is 0 Å². The van der Waals surface area contributed by atoms with Gasteiger partial charge in [0, 0.05) is 12.3 Å². The van der Waals surface area contributed by atoms with E-state index < -0.39 is 0 Å². The molecule has 0 aromatic heterocycles. The maximum Gasteiger partial charge on any atom is 0.302 e. The summed E-state index contributed by atoms with van der Waals surface area (Å²) in [6.07, 6.45) is 4.79. The van der Waals surface area contributed by atoms with Gasteiger partial charge in [0.15, 0.2) is 0 Å². The Morgan fingerprint density at radius 1 is 1.35 bits per heavy atom. The second-order valence-electron chi connectivity index (χ2n) is 5.46. The summed E-state index contributed by atoms with van der Waals surface area (Å²) in [6.45, 7) is 1.52. The summed E-state index contributed by atoms with van der Waals surface area (Å²) in [4.78, 5) is 11.2. The van der Waals surface area contributed by atoms with Gasteiger partial charge in [-0.1, -0.05) is 30.3 Å². The topological polar surface area (TPSA) is 26.3 Å². The monoisotopic (exact) mass is 230 g/mol. The standard InChI is InChI=1S/C15H18O2/c1-11(16)17-14-9-12-7-8-15(14,10-12)13-5-3-2-4-6-13/h2-6,12,14H,7-10H2,1H3/t12-,14+,15+/m0/s1. The maximum atomic E-state index is 11.2. The van der Waals surface area contributed by atoms with Crippen LogP contribution in [0.4, 0.5) is 0 Å². The molecule has 2 fully saturated rings. The van der Waals surface area contributed by atoms with E-state index >= 15 is 0 Å². The highest BCUT2D eigenvalue weighted by molar-refractivity contribution is 5.66. The van der Waals surface area contributed by atoms with Gasteiger partial charge in [-0.25, -0.2) is 0 Å². The van der Waals surface area contributed by atoms with E-state index in [1.165, 1.54) is 31.7 Å². The fraction of sp³-hybridized carbons (Fsp3) is 0.533. The number of rotatable bonds is 2. The van der Waals surface area contributed by atoms with Crippen molar-refractivity contribution in [1.82, 2.24) is 0 Å². The molecule has 3 rings (SSSR count). The van der Waals surface area contributed by atoms with Gasteiger partial charge in [0.05, 0.1) is 0 Å². The number of esters is 1. The van der Waals surface area contributed by atoms with Crippen LogP contribution in [-0.2, 0) is 14.9 Å². The summed E-state index contributed by atoms with van der Waals surface area (Å²) in [6, 6.07) is 10.6. The van der Waals surface area contributed by atoms with Crippen molar-refractivity contribution in [2.45, 2.75) is 44.1 Å². The molecule has 2 heteroatoms. The van der Waals surface area contributed by atoms with Gasteiger partial charge in [-0.05, 0) is 37.2 Å². The normalized spacial score (nSPS) is 34.9. The molecule has 0 heterocycles. The fourth-order valence-electron chi connectivity index (χ4n) is 3.78. The lowest BCUT2D eigenvalue weighted by Crippen LogP contribution is -2.37. The van der Waals surface area contributed by atoms with Gasteiger partial charge in [-0.15, -0.1) is 0 Å². The molecule has 2 aliphatic carbocycles. The molecule has 90 valence electrons. The third-order valence-corrected chi connectivity index (χ3v) is 4.47. The first kappa shape index (κ1) is 10.8. The number of benzene rings is 1. The molecule has 0 radical (unpaired) electrons. The van der Waals surface area contributed by atoms with Gasteiger partial charge < -0.3 is 4.74 Å². The minimum absolute atomic E-state index is 0.0983. The number of fused-ring (bicyclic) bond motifs is 2. The SMILES string of the molecule is CC(=O)O[C@@H]1C[C@@H]2CC[C@]1(c1ccccc1)C2. The molecule has 17 heavy (non-hydrogen) atoms. The Morgan fingerprint density at radius 3 is 2.76 bits per heavy atom. The third-order valence-electron chi connectivity index (χ3n) is 4.47. The van der Waals surface area contributed by atoms with E-state index in [1.54, 1.807) is 0 Å². The zero-order chi connectivity index (χ0) is 11.9. The van der Waals surface area contributed by atoms with E-state index in [0.717, 1.165) is 12.3 Å². The summed E-state index contributed by atoms with van der Waals surface area (Å²) in [7, 11) is 0. The molecule has 0 spiro atoms. The van der Waals surface area contributed by atoms with Crippen molar-refractivity contribution < 1.29 is 9.53 Å². The quantitative estimate of drug-likeness (QED) is 0.730. The van der Waals surface area contributed by atoms with Crippen molar-refractivity contribution in [2.24, 2.45) is 5.92 Å². The van der Waals surface area contributed by atoms with Crippen molar-refractivity contribution in [3.05, 3.63) is 35.9 Å². The van der Waals surface area contributed by atoms with E-state index in [0.29, 0.717) is 0 Å². The summed E-state index contributed by atoms with van der Waals surface area (Å²) < 4.78 is 5.56. The predicted molar refractivity (Wildman–Crippen MR) is 65.6 cm³/mol. The molecule has 1 aromatic carbocycles. The minimum atomic E-state index is -0.141. The van der Waals surface area contributed by atoms with Gasteiger partial charge in [-0.3, -0.25) is 4.79 Å². The van der Waals surface area contributed by atoms with Crippen LogP contribution < -0.4 is 0 Å². The Morgan fingerprint density at radius 2 is 2.12 bits per heavy atom. The van der Waals surface area contributed by atoms with Crippen molar-refractivity contribution >= 4 is 5.97 Å². The molecule has 0 unspecified atom stereocenters. The largest absolute Gasteiger partial charge is 0.462 e. The molecule has 2 nitrogen and oxygen atoms in total.